The van der Waals surface area contributed by atoms with Crippen LogP contribution in [0.5, 0.6) is 0 Å². The van der Waals surface area contributed by atoms with E-state index < -0.39 is 18.3 Å². The van der Waals surface area contributed by atoms with Crippen molar-refractivity contribution in [2.45, 2.75) is 70.2 Å². The normalized spacial score (nSPS) is 27.2. The number of unbranched alkanes of at least 4 members (excludes halogenated alkanes) is 1. The molecule has 0 aromatic carbocycles. The first kappa shape index (κ1) is 24.8. The van der Waals surface area contributed by atoms with Crippen molar-refractivity contribution in [3.05, 3.63) is 45.1 Å². The standard InChI is InChI=1S/C23H35BrO4S/c1-16(15-25)6-4-2-3-5-7-19-20(22(28)14-21(19)27)12-9-17(26)8-10-18-11-13-23(24)29-18/h3,5,9,11-13,16-17,19-22,25-28H,2,4,6-8,10,14-15H2,1H3/b5-3+,12-9+. The lowest BCUT2D eigenvalue weighted by Crippen LogP contribution is -2.20. The summed E-state index contributed by atoms with van der Waals surface area (Å²) in [6, 6.07) is 4.08. The highest BCUT2D eigenvalue weighted by Crippen LogP contribution is 2.36. The van der Waals surface area contributed by atoms with E-state index >= 15 is 0 Å². The lowest BCUT2D eigenvalue weighted by molar-refractivity contribution is 0.120. The monoisotopic (exact) mass is 486 g/mol. The minimum atomic E-state index is -0.564. The number of halogens is 1. The molecule has 1 fully saturated rings. The Morgan fingerprint density at radius 3 is 2.69 bits per heavy atom. The molecular weight excluding hydrogens is 452 g/mol. The second-order valence-corrected chi connectivity index (χ2v) is 10.8. The summed E-state index contributed by atoms with van der Waals surface area (Å²) in [5, 5.41) is 40.0. The molecule has 4 N–H and O–H groups in total. The molecule has 1 aromatic rings. The van der Waals surface area contributed by atoms with Gasteiger partial charge < -0.3 is 20.4 Å². The number of aliphatic hydroxyl groups is 4. The molecule has 1 aromatic heterocycles. The number of hydrogen-bond donors (Lipinski definition) is 4. The molecule has 6 unspecified atom stereocenters. The van der Waals surface area contributed by atoms with Gasteiger partial charge in [-0.05, 0) is 78.4 Å². The van der Waals surface area contributed by atoms with Crippen LogP contribution in [0.3, 0.4) is 0 Å². The Kier molecular flexibility index (Phi) is 11.1. The van der Waals surface area contributed by atoms with Crippen molar-refractivity contribution in [1.29, 1.82) is 0 Å². The highest BCUT2D eigenvalue weighted by Gasteiger charge is 2.39. The zero-order valence-electron chi connectivity index (χ0n) is 17.2. The first-order chi connectivity index (χ1) is 13.9. The third-order valence-electron chi connectivity index (χ3n) is 5.74. The van der Waals surface area contributed by atoms with Gasteiger partial charge in [0.2, 0.25) is 0 Å². The predicted molar refractivity (Wildman–Crippen MR) is 123 cm³/mol. The Morgan fingerprint density at radius 2 is 2.00 bits per heavy atom. The molecule has 4 nitrogen and oxygen atoms in total. The number of aliphatic hydroxyl groups excluding tert-OH is 4. The summed E-state index contributed by atoms with van der Waals surface area (Å²) >= 11 is 5.13. The molecule has 0 amide bonds. The van der Waals surface area contributed by atoms with Gasteiger partial charge >= 0.3 is 0 Å². The third kappa shape index (κ3) is 8.64. The average molecular weight is 488 g/mol. The van der Waals surface area contributed by atoms with Gasteiger partial charge in [0.05, 0.1) is 22.1 Å². The van der Waals surface area contributed by atoms with E-state index in [4.69, 9.17) is 5.11 Å². The van der Waals surface area contributed by atoms with E-state index in [1.165, 1.54) is 4.88 Å². The van der Waals surface area contributed by atoms with Gasteiger partial charge in [0, 0.05) is 23.8 Å². The van der Waals surface area contributed by atoms with E-state index in [1.54, 1.807) is 17.4 Å². The molecular formula is C23H35BrO4S. The Morgan fingerprint density at radius 1 is 1.21 bits per heavy atom. The van der Waals surface area contributed by atoms with Crippen molar-refractivity contribution in [3.63, 3.8) is 0 Å². The Balaban J connectivity index is 1.79. The summed E-state index contributed by atoms with van der Waals surface area (Å²) in [7, 11) is 0. The predicted octanol–water partition coefficient (Wildman–Crippen LogP) is 4.46. The highest BCUT2D eigenvalue weighted by atomic mass is 79.9. The molecule has 0 bridgehead atoms. The summed E-state index contributed by atoms with van der Waals surface area (Å²) in [5.41, 5.74) is 0. The lowest BCUT2D eigenvalue weighted by atomic mass is 9.89. The van der Waals surface area contributed by atoms with Gasteiger partial charge in [-0.15, -0.1) is 11.3 Å². The van der Waals surface area contributed by atoms with Crippen LogP contribution < -0.4 is 0 Å². The fourth-order valence-electron chi connectivity index (χ4n) is 3.88. The number of thiophene rings is 1. The summed E-state index contributed by atoms with van der Waals surface area (Å²) in [5.74, 6) is 0.196. The van der Waals surface area contributed by atoms with Crippen LogP contribution in [-0.2, 0) is 6.42 Å². The maximum Gasteiger partial charge on any atom is 0.0724 e. The maximum absolute atomic E-state index is 10.3. The van der Waals surface area contributed by atoms with Gasteiger partial charge in [-0.25, -0.2) is 0 Å². The van der Waals surface area contributed by atoms with Crippen LogP contribution in [0.25, 0.3) is 0 Å². The molecule has 1 aliphatic rings. The molecule has 6 heteroatoms. The van der Waals surface area contributed by atoms with E-state index in [1.807, 2.05) is 19.1 Å². The van der Waals surface area contributed by atoms with Gasteiger partial charge in [0.25, 0.3) is 0 Å². The van der Waals surface area contributed by atoms with E-state index in [2.05, 4.69) is 34.1 Å². The van der Waals surface area contributed by atoms with Crippen LogP contribution >= 0.6 is 27.3 Å². The summed E-state index contributed by atoms with van der Waals surface area (Å²) in [4.78, 5) is 1.23. The van der Waals surface area contributed by atoms with Crippen LogP contribution in [0.15, 0.2) is 40.2 Å². The molecule has 1 aliphatic carbocycles. The zero-order chi connectivity index (χ0) is 21.2. The Labute approximate surface area is 187 Å². The Bertz CT molecular complexity index is 645. The van der Waals surface area contributed by atoms with E-state index in [0.29, 0.717) is 18.8 Å². The molecule has 0 saturated heterocycles. The minimum absolute atomic E-state index is 0.0192. The van der Waals surface area contributed by atoms with Crippen LogP contribution in [0.2, 0.25) is 0 Å². The molecule has 0 aliphatic heterocycles. The summed E-state index contributed by atoms with van der Waals surface area (Å²) < 4.78 is 1.10. The first-order valence-electron chi connectivity index (χ1n) is 10.6. The first-order valence-corrected chi connectivity index (χ1v) is 12.2. The van der Waals surface area contributed by atoms with Gasteiger partial charge in [-0.2, -0.15) is 0 Å². The van der Waals surface area contributed by atoms with Gasteiger partial charge in [0.1, 0.15) is 0 Å². The van der Waals surface area contributed by atoms with E-state index in [-0.39, 0.29) is 18.4 Å². The fourth-order valence-corrected chi connectivity index (χ4v) is 5.38. The molecule has 6 atom stereocenters. The second-order valence-electron chi connectivity index (χ2n) is 8.23. The van der Waals surface area contributed by atoms with Crippen molar-refractivity contribution < 1.29 is 20.4 Å². The van der Waals surface area contributed by atoms with Gasteiger partial charge in [-0.1, -0.05) is 31.2 Å². The highest BCUT2D eigenvalue weighted by molar-refractivity contribution is 9.11. The van der Waals surface area contributed by atoms with Crippen LogP contribution in [-0.4, -0.2) is 45.3 Å². The van der Waals surface area contributed by atoms with Crippen LogP contribution in [0.1, 0.15) is 50.3 Å². The minimum Gasteiger partial charge on any atom is -0.396 e. The quantitative estimate of drug-likeness (QED) is 0.259. The van der Waals surface area contributed by atoms with Crippen LogP contribution in [0.4, 0.5) is 0 Å². The molecule has 29 heavy (non-hydrogen) atoms. The Hall–Kier alpha value is -0.500. The number of aryl methyl sites for hydroxylation is 1. The molecule has 0 spiro atoms. The molecule has 0 radical (unpaired) electrons. The molecule has 2 rings (SSSR count). The topological polar surface area (TPSA) is 80.9 Å². The maximum atomic E-state index is 10.3. The zero-order valence-corrected chi connectivity index (χ0v) is 19.6. The summed E-state index contributed by atoms with van der Waals surface area (Å²) in [6.07, 6.45) is 11.9. The van der Waals surface area contributed by atoms with Crippen LogP contribution in [0, 0.1) is 17.8 Å². The van der Waals surface area contributed by atoms with Gasteiger partial charge in [0.15, 0.2) is 0 Å². The molecule has 1 saturated carbocycles. The largest absolute Gasteiger partial charge is 0.396 e. The lowest BCUT2D eigenvalue weighted by Gasteiger charge is -2.19. The molecule has 1 heterocycles. The SMILES string of the molecule is CC(CO)CCC/C=C/CC1C(O)CC(O)C1/C=C/C(O)CCc1ccc(Br)s1. The van der Waals surface area contributed by atoms with Crippen molar-refractivity contribution in [3.8, 4) is 0 Å². The average Bonchev–Trinajstić information content (AvgIpc) is 3.23. The smallest absolute Gasteiger partial charge is 0.0724 e. The van der Waals surface area contributed by atoms with E-state index in [0.717, 1.165) is 35.9 Å². The third-order valence-corrected chi connectivity index (χ3v) is 7.42. The fraction of sp³-hybridized carbons (Fsp3) is 0.652. The van der Waals surface area contributed by atoms with Crippen molar-refractivity contribution >= 4 is 27.3 Å². The van der Waals surface area contributed by atoms with Gasteiger partial charge in [-0.3, -0.25) is 0 Å². The van der Waals surface area contributed by atoms with Crippen molar-refractivity contribution in [1.82, 2.24) is 0 Å². The number of hydrogen-bond acceptors (Lipinski definition) is 5. The summed E-state index contributed by atoms with van der Waals surface area (Å²) in [6.45, 7) is 2.28. The van der Waals surface area contributed by atoms with E-state index in [9.17, 15) is 15.3 Å². The number of rotatable bonds is 12. The second kappa shape index (κ2) is 13.0. The molecule has 164 valence electrons. The van der Waals surface area contributed by atoms with Crippen molar-refractivity contribution in [2.24, 2.45) is 17.8 Å². The van der Waals surface area contributed by atoms with Crippen molar-refractivity contribution in [2.75, 3.05) is 6.61 Å². The number of allylic oxidation sites excluding steroid dienone is 2.